The van der Waals surface area contributed by atoms with Gasteiger partial charge in [-0.1, -0.05) is 18.5 Å². The van der Waals surface area contributed by atoms with Crippen LogP contribution in [0.1, 0.15) is 23.8 Å². The summed E-state index contributed by atoms with van der Waals surface area (Å²) in [6.07, 6.45) is 1.14. The fraction of sp³-hybridized carbons (Fsp3) is 0.692. The molecule has 2 aliphatic heterocycles. The molecule has 0 unspecified atom stereocenters. The second-order valence-electron chi connectivity index (χ2n) is 5.17. The molecule has 1 saturated heterocycles. The van der Waals surface area contributed by atoms with Gasteiger partial charge in [0.2, 0.25) is 5.88 Å². The lowest BCUT2D eigenvalue weighted by atomic mass is 10.2. The number of nitrogens with zero attached hydrogens (tertiary/aromatic N) is 4. The van der Waals surface area contributed by atoms with E-state index in [0.717, 1.165) is 39.1 Å². The highest BCUT2D eigenvalue weighted by Gasteiger charge is 2.30. The second kappa shape index (κ2) is 5.61. The van der Waals surface area contributed by atoms with Gasteiger partial charge in [0.15, 0.2) is 5.69 Å². The van der Waals surface area contributed by atoms with Gasteiger partial charge in [0.25, 0.3) is 5.91 Å². The Morgan fingerprint density at radius 1 is 1.30 bits per heavy atom. The number of amides is 1. The van der Waals surface area contributed by atoms with Crippen molar-refractivity contribution >= 4 is 17.5 Å². The predicted molar refractivity (Wildman–Crippen MR) is 75.4 cm³/mol. The van der Waals surface area contributed by atoms with Crippen LogP contribution in [-0.2, 0) is 6.54 Å². The van der Waals surface area contributed by atoms with E-state index < -0.39 is 0 Å². The SMILES string of the molecule is CCCN1CCN(C(=O)c2nn3c(c2Cl)OCC3)CC1. The Morgan fingerprint density at radius 2 is 2.05 bits per heavy atom. The smallest absolute Gasteiger partial charge is 0.276 e. The molecular weight excluding hydrogens is 280 g/mol. The largest absolute Gasteiger partial charge is 0.475 e. The quantitative estimate of drug-likeness (QED) is 0.838. The number of ether oxygens (including phenoxy) is 1. The minimum atomic E-state index is -0.0864. The van der Waals surface area contributed by atoms with Gasteiger partial charge in [0, 0.05) is 26.2 Å². The molecule has 0 aliphatic carbocycles. The molecule has 0 aromatic carbocycles. The molecule has 110 valence electrons. The van der Waals surface area contributed by atoms with E-state index in [1.54, 1.807) is 4.68 Å². The van der Waals surface area contributed by atoms with Crippen molar-refractivity contribution in [2.75, 3.05) is 39.3 Å². The van der Waals surface area contributed by atoms with Crippen LogP contribution in [0.5, 0.6) is 5.88 Å². The summed E-state index contributed by atoms with van der Waals surface area (Å²) in [6, 6.07) is 0. The molecule has 0 bridgehead atoms. The summed E-state index contributed by atoms with van der Waals surface area (Å²) in [6.45, 7) is 7.80. The summed E-state index contributed by atoms with van der Waals surface area (Å²) in [7, 11) is 0. The van der Waals surface area contributed by atoms with Gasteiger partial charge in [0.05, 0.1) is 6.54 Å². The van der Waals surface area contributed by atoms with Gasteiger partial charge < -0.3 is 9.64 Å². The fourth-order valence-electron chi connectivity index (χ4n) is 2.72. The number of carbonyl (C=O) groups excluding carboxylic acids is 1. The number of hydrogen-bond donors (Lipinski definition) is 0. The molecule has 0 saturated carbocycles. The first-order chi connectivity index (χ1) is 9.70. The molecule has 1 aromatic heterocycles. The number of halogens is 1. The maximum atomic E-state index is 12.5. The Balaban J connectivity index is 1.68. The van der Waals surface area contributed by atoms with Gasteiger partial charge in [-0.15, -0.1) is 0 Å². The fourth-order valence-corrected chi connectivity index (χ4v) is 2.99. The average molecular weight is 299 g/mol. The van der Waals surface area contributed by atoms with Crippen LogP contribution in [0, 0.1) is 0 Å². The predicted octanol–water partition coefficient (Wildman–Crippen LogP) is 1.10. The Labute approximate surface area is 123 Å². The van der Waals surface area contributed by atoms with E-state index in [2.05, 4.69) is 16.9 Å². The van der Waals surface area contributed by atoms with E-state index in [4.69, 9.17) is 16.3 Å². The molecule has 0 N–H and O–H groups in total. The van der Waals surface area contributed by atoms with Crippen LogP contribution in [0.2, 0.25) is 5.02 Å². The third kappa shape index (κ3) is 2.38. The van der Waals surface area contributed by atoms with Gasteiger partial charge in [-0.25, -0.2) is 4.68 Å². The minimum Gasteiger partial charge on any atom is -0.475 e. The van der Waals surface area contributed by atoms with Gasteiger partial charge >= 0.3 is 0 Å². The van der Waals surface area contributed by atoms with Gasteiger partial charge in [-0.05, 0) is 13.0 Å². The van der Waals surface area contributed by atoms with E-state index in [1.807, 2.05) is 4.90 Å². The average Bonchev–Trinajstić information content (AvgIpc) is 3.03. The summed E-state index contributed by atoms with van der Waals surface area (Å²) in [5.74, 6) is 0.441. The molecule has 1 amide bonds. The highest BCUT2D eigenvalue weighted by molar-refractivity contribution is 6.34. The molecule has 6 nitrogen and oxygen atoms in total. The maximum absolute atomic E-state index is 12.5. The van der Waals surface area contributed by atoms with Crippen LogP contribution < -0.4 is 4.74 Å². The highest BCUT2D eigenvalue weighted by atomic mass is 35.5. The second-order valence-corrected chi connectivity index (χ2v) is 5.55. The highest BCUT2D eigenvalue weighted by Crippen LogP contribution is 2.32. The number of hydrogen-bond acceptors (Lipinski definition) is 4. The molecule has 3 heterocycles. The zero-order valence-corrected chi connectivity index (χ0v) is 12.4. The maximum Gasteiger partial charge on any atom is 0.276 e. The standard InChI is InChI=1S/C13H19ClN4O2/c1-2-3-16-4-6-17(7-5-16)12(19)11-10(14)13-18(15-11)8-9-20-13/h2-9H2,1H3. The Morgan fingerprint density at radius 3 is 2.70 bits per heavy atom. The summed E-state index contributed by atoms with van der Waals surface area (Å²) >= 11 is 6.20. The summed E-state index contributed by atoms with van der Waals surface area (Å²) in [4.78, 5) is 16.7. The van der Waals surface area contributed by atoms with Crippen LogP contribution in [-0.4, -0.2) is 64.8 Å². The molecular formula is C13H19ClN4O2. The monoisotopic (exact) mass is 298 g/mol. The van der Waals surface area contributed by atoms with Crippen LogP contribution in [0.25, 0.3) is 0 Å². The molecule has 1 aromatic rings. The van der Waals surface area contributed by atoms with Crippen molar-refractivity contribution in [1.82, 2.24) is 19.6 Å². The minimum absolute atomic E-state index is 0.0864. The van der Waals surface area contributed by atoms with E-state index in [-0.39, 0.29) is 5.91 Å². The Kier molecular flexibility index (Phi) is 3.85. The van der Waals surface area contributed by atoms with Crippen molar-refractivity contribution in [3.05, 3.63) is 10.7 Å². The van der Waals surface area contributed by atoms with E-state index in [1.165, 1.54) is 0 Å². The van der Waals surface area contributed by atoms with Crippen molar-refractivity contribution in [3.8, 4) is 5.88 Å². The van der Waals surface area contributed by atoms with E-state index in [9.17, 15) is 4.79 Å². The summed E-state index contributed by atoms with van der Waals surface area (Å²) in [5.41, 5.74) is 0.324. The first-order valence-electron chi connectivity index (χ1n) is 7.11. The van der Waals surface area contributed by atoms with Gasteiger partial charge in [-0.2, -0.15) is 5.10 Å². The summed E-state index contributed by atoms with van der Waals surface area (Å²) < 4.78 is 7.06. The molecule has 3 rings (SSSR count). The molecule has 0 radical (unpaired) electrons. The number of aromatic nitrogens is 2. The lowest BCUT2D eigenvalue weighted by Crippen LogP contribution is -2.48. The molecule has 20 heavy (non-hydrogen) atoms. The van der Waals surface area contributed by atoms with Crippen molar-refractivity contribution in [3.63, 3.8) is 0 Å². The normalized spacial score (nSPS) is 19.0. The topological polar surface area (TPSA) is 50.6 Å². The summed E-state index contributed by atoms with van der Waals surface area (Å²) in [5, 5.41) is 4.63. The van der Waals surface area contributed by atoms with Gasteiger partial charge in [0.1, 0.15) is 11.6 Å². The first kappa shape index (κ1) is 13.7. The number of carbonyl (C=O) groups is 1. The van der Waals surface area contributed by atoms with E-state index >= 15 is 0 Å². The van der Waals surface area contributed by atoms with Crippen LogP contribution >= 0.6 is 11.6 Å². The number of rotatable bonds is 3. The molecule has 0 spiro atoms. The third-order valence-electron chi connectivity index (χ3n) is 3.79. The lowest BCUT2D eigenvalue weighted by molar-refractivity contribution is 0.0630. The number of fused-ring (bicyclic) bond motifs is 1. The molecule has 0 atom stereocenters. The number of piperazine rings is 1. The van der Waals surface area contributed by atoms with E-state index in [0.29, 0.717) is 29.7 Å². The zero-order chi connectivity index (χ0) is 14.1. The molecule has 7 heteroatoms. The van der Waals surface area contributed by atoms with Crippen LogP contribution in [0.3, 0.4) is 0 Å². The molecule has 2 aliphatic rings. The van der Waals surface area contributed by atoms with Crippen LogP contribution in [0.4, 0.5) is 0 Å². The van der Waals surface area contributed by atoms with Crippen molar-refractivity contribution < 1.29 is 9.53 Å². The van der Waals surface area contributed by atoms with Crippen molar-refractivity contribution in [2.45, 2.75) is 19.9 Å². The molecule has 1 fully saturated rings. The van der Waals surface area contributed by atoms with Gasteiger partial charge in [-0.3, -0.25) is 9.69 Å². The third-order valence-corrected chi connectivity index (χ3v) is 4.14. The van der Waals surface area contributed by atoms with Crippen molar-refractivity contribution in [2.24, 2.45) is 0 Å². The first-order valence-corrected chi connectivity index (χ1v) is 7.49. The van der Waals surface area contributed by atoms with Crippen molar-refractivity contribution in [1.29, 1.82) is 0 Å². The van der Waals surface area contributed by atoms with Crippen LogP contribution in [0.15, 0.2) is 0 Å². The zero-order valence-electron chi connectivity index (χ0n) is 11.6. The Hall–Kier alpha value is -1.27. The Bertz CT molecular complexity index is 509. The lowest BCUT2D eigenvalue weighted by Gasteiger charge is -2.34.